The predicted molar refractivity (Wildman–Crippen MR) is 61.5 cm³/mol. The van der Waals surface area contributed by atoms with Crippen LogP contribution in [0.2, 0.25) is 5.02 Å². The van der Waals surface area contributed by atoms with E-state index in [0.717, 1.165) is 12.1 Å². The standard InChI is InChI=1S/C9H7ClF3NO4S/c10-5-1-2-7(6(3-5)9(11,12)13)14-19(17,18)4-8(15)16/h1-3,14H,4H2,(H,15,16). The van der Waals surface area contributed by atoms with Crippen molar-refractivity contribution >= 4 is 33.3 Å². The number of hydrogen-bond acceptors (Lipinski definition) is 3. The molecule has 10 heteroatoms. The van der Waals surface area contributed by atoms with Crippen LogP contribution in [0.4, 0.5) is 18.9 Å². The zero-order valence-electron chi connectivity index (χ0n) is 9.03. The summed E-state index contributed by atoms with van der Waals surface area (Å²) in [7, 11) is -4.42. The quantitative estimate of drug-likeness (QED) is 0.891. The van der Waals surface area contributed by atoms with E-state index in [1.54, 1.807) is 4.72 Å². The summed E-state index contributed by atoms with van der Waals surface area (Å²) in [6.45, 7) is 0. The van der Waals surface area contributed by atoms with Crippen LogP contribution in [0.3, 0.4) is 0 Å². The number of carboxylic acids is 1. The first-order chi connectivity index (χ1) is 8.51. The topological polar surface area (TPSA) is 83.5 Å². The lowest BCUT2D eigenvalue weighted by atomic mass is 10.2. The minimum atomic E-state index is -4.83. The van der Waals surface area contributed by atoms with E-state index in [-0.39, 0.29) is 5.02 Å². The highest BCUT2D eigenvalue weighted by Crippen LogP contribution is 2.36. The number of rotatable bonds is 4. The van der Waals surface area contributed by atoms with Gasteiger partial charge in [0.2, 0.25) is 10.0 Å². The number of aliphatic carboxylic acids is 1. The SMILES string of the molecule is O=C(O)CS(=O)(=O)Nc1ccc(Cl)cc1C(F)(F)F. The van der Waals surface area contributed by atoms with Crippen LogP contribution < -0.4 is 4.72 Å². The Morgan fingerprint density at radius 3 is 2.42 bits per heavy atom. The van der Waals surface area contributed by atoms with Crippen molar-refractivity contribution in [3.05, 3.63) is 28.8 Å². The summed E-state index contributed by atoms with van der Waals surface area (Å²) in [5, 5.41) is 8.11. The van der Waals surface area contributed by atoms with Gasteiger partial charge >= 0.3 is 12.1 Å². The number of nitrogens with one attached hydrogen (secondary N) is 1. The molecule has 0 spiro atoms. The van der Waals surface area contributed by atoms with Crippen molar-refractivity contribution in [1.82, 2.24) is 0 Å². The van der Waals surface area contributed by atoms with Crippen LogP contribution in [0.25, 0.3) is 0 Å². The molecule has 0 fully saturated rings. The molecule has 1 aromatic rings. The maximum Gasteiger partial charge on any atom is 0.418 e. The molecule has 106 valence electrons. The molecule has 2 N–H and O–H groups in total. The van der Waals surface area contributed by atoms with E-state index >= 15 is 0 Å². The summed E-state index contributed by atoms with van der Waals surface area (Å²) in [6.07, 6.45) is -4.83. The van der Waals surface area contributed by atoms with Crippen molar-refractivity contribution in [2.75, 3.05) is 10.5 Å². The van der Waals surface area contributed by atoms with Gasteiger partial charge in [0.05, 0.1) is 11.3 Å². The molecule has 0 unspecified atom stereocenters. The first-order valence-corrected chi connectivity index (χ1v) is 6.63. The number of carbonyl (C=O) groups is 1. The first-order valence-electron chi connectivity index (χ1n) is 4.60. The van der Waals surface area contributed by atoms with Gasteiger partial charge in [-0.3, -0.25) is 9.52 Å². The number of halogens is 4. The third-order valence-electron chi connectivity index (χ3n) is 1.87. The molecule has 5 nitrogen and oxygen atoms in total. The minimum absolute atomic E-state index is 0.228. The van der Waals surface area contributed by atoms with Gasteiger partial charge in [-0.2, -0.15) is 13.2 Å². The summed E-state index contributed by atoms with van der Waals surface area (Å²) in [5.41, 5.74) is -2.08. The number of benzene rings is 1. The second-order valence-electron chi connectivity index (χ2n) is 3.44. The van der Waals surface area contributed by atoms with Gasteiger partial charge in [-0.05, 0) is 18.2 Å². The Morgan fingerprint density at radius 2 is 1.95 bits per heavy atom. The van der Waals surface area contributed by atoms with Gasteiger partial charge in [0.1, 0.15) is 0 Å². The van der Waals surface area contributed by atoms with Crippen molar-refractivity contribution in [1.29, 1.82) is 0 Å². The lowest BCUT2D eigenvalue weighted by Crippen LogP contribution is -2.24. The summed E-state index contributed by atoms with van der Waals surface area (Å²) >= 11 is 5.41. The molecule has 0 aromatic heterocycles. The molecule has 1 aromatic carbocycles. The van der Waals surface area contributed by atoms with Crippen LogP contribution in [0, 0.1) is 0 Å². The Morgan fingerprint density at radius 1 is 1.37 bits per heavy atom. The first kappa shape index (κ1) is 15.6. The largest absolute Gasteiger partial charge is 0.480 e. The van der Waals surface area contributed by atoms with E-state index in [0.29, 0.717) is 6.07 Å². The number of alkyl halides is 3. The van der Waals surface area contributed by atoms with Crippen LogP contribution >= 0.6 is 11.6 Å². The lowest BCUT2D eigenvalue weighted by Gasteiger charge is -2.14. The molecule has 19 heavy (non-hydrogen) atoms. The second kappa shape index (κ2) is 5.25. The van der Waals surface area contributed by atoms with Crippen LogP contribution in [-0.4, -0.2) is 25.2 Å². The molecule has 0 aliphatic heterocycles. The van der Waals surface area contributed by atoms with Crippen molar-refractivity contribution in [2.45, 2.75) is 6.18 Å². The Balaban J connectivity index is 3.19. The van der Waals surface area contributed by atoms with Gasteiger partial charge in [0.15, 0.2) is 5.75 Å². The monoisotopic (exact) mass is 317 g/mol. The van der Waals surface area contributed by atoms with Gasteiger partial charge in [0, 0.05) is 5.02 Å². The molecule has 0 heterocycles. The van der Waals surface area contributed by atoms with E-state index in [4.69, 9.17) is 16.7 Å². The van der Waals surface area contributed by atoms with Crippen LogP contribution in [0.15, 0.2) is 18.2 Å². The van der Waals surface area contributed by atoms with Crippen LogP contribution in [0.5, 0.6) is 0 Å². The zero-order valence-corrected chi connectivity index (χ0v) is 10.6. The molecule has 0 amide bonds. The van der Waals surface area contributed by atoms with Crippen LogP contribution in [0.1, 0.15) is 5.56 Å². The number of hydrogen-bond donors (Lipinski definition) is 2. The Kier molecular flexibility index (Phi) is 4.31. The third-order valence-corrected chi connectivity index (χ3v) is 3.26. The molecule has 0 radical (unpaired) electrons. The fraction of sp³-hybridized carbons (Fsp3) is 0.222. The van der Waals surface area contributed by atoms with Crippen molar-refractivity contribution in [2.24, 2.45) is 0 Å². The second-order valence-corrected chi connectivity index (χ2v) is 5.60. The molecule has 0 saturated heterocycles. The Hall–Kier alpha value is -1.48. The minimum Gasteiger partial charge on any atom is -0.480 e. The lowest BCUT2D eigenvalue weighted by molar-refractivity contribution is -0.137. The summed E-state index contributed by atoms with van der Waals surface area (Å²) < 4.78 is 62.1. The van der Waals surface area contributed by atoms with E-state index in [1.165, 1.54) is 0 Å². The molecule has 0 atom stereocenters. The molecular weight excluding hydrogens is 311 g/mol. The fourth-order valence-electron chi connectivity index (χ4n) is 1.21. The molecule has 0 bridgehead atoms. The highest BCUT2D eigenvalue weighted by atomic mass is 35.5. The average Bonchev–Trinajstić information content (AvgIpc) is 2.16. The highest BCUT2D eigenvalue weighted by Gasteiger charge is 2.35. The summed E-state index contributed by atoms with van der Waals surface area (Å²) in [5.74, 6) is -3.03. The Labute approximate surface area is 111 Å². The van der Waals surface area contributed by atoms with Gasteiger partial charge in [0.25, 0.3) is 0 Å². The van der Waals surface area contributed by atoms with Crippen molar-refractivity contribution < 1.29 is 31.5 Å². The van der Waals surface area contributed by atoms with E-state index in [1.807, 2.05) is 0 Å². The third kappa shape index (κ3) is 4.60. The van der Waals surface area contributed by atoms with Gasteiger partial charge in [-0.1, -0.05) is 11.6 Å². The highest BCUT2D eigenvalue weighted by molar-refractivity contribution is 7.93. The van der Waals surface area contributed by atoms with Crippen molar-refractivity contribution in [3.8, 4) is 0 Å². The smallest absolute Gasteiger partial charge is 0.418 e. The molecular formula is C9H7ClF3NO4S. The van der Waals surface area contributed by atoms with Crippen molar-refractivity contribution in [3.63, 3.8) is 0 Å². The molecule has 0 aliphatic rings. The summed E-state index contributed by atoms with van der Waals surface area (Å²) in [6, 6.07) is 2.40. The summed E-state index contributed by atoms with van der Waals surface area (Å²) in [4.78, 5) is 10.3. The molecule has 0 saturated carbocycles. The van der Waals surface area contributed by atoms with Gasteiger partial charge in [-0.15, -0.1) is 0 Å². The van der Waals surface area contributed by atoms with Gasteiger partial charge < -0.3 is 5.11 Å². The average molecular weight is 318 g/mol. The molecule has 0 aliphatic carbocycles. The Bertz CT molecular complexity index is 600. The van der Waals surface area contributed by atoms with E-state index in [9.17, 15) is 26.4 Å². The number of sulfonamides is 1. The van der Waals surface area contributed by atoms with Crippen LogP contribution in [-0.2, 0) is 21.0 Å². The fourth-order valence-corrected chi connectivity index (χ4v) is 2.29. The van der Waals surface area contributed by atoms with E-state index in [2.05, 4.69) is 0 Å². The predicted octanol–water partition coefficient (Wildman–Crippen LogP) is 2.19. The van der Waals surface area contributed by atoms with E-state index < -0.39 is 39.2 Å². The maximum absolute atomic E-state index is 12.7. The number of anilines is 1. The number of carboxylic acid groups (broad SMARTS) is 1. The maximum atomic E-state index is 12.7. The van der Waals surface area contributed by atoms with Gasteiger partial charge in [-0.25, -0.2) is 8.42 Å². The zero-order chi connectivity index (χ0) is 14.8. The normalized spacial score (nSPS) is 12.2. The molecule has 1 rings (SSSR count).